The van der Waals surface area contributed by atoms with Gasteiger partial charge in [-0.3, -0.25) is 4.79 Å². The van der Waals surface area contributed by atoms with E-state index in [-0.39, 0.29) is 25.9 Å². The van der Waals surface area contributed by atoms with Gasteiger partial charge in [-0.2, -0.15) is 17.5 Å². The van der Waals surface area contributed by atoms with Gasteiger partial charge in [0.1, 0.15) is 0 Å². The lowest BCUT2D eigenvalue weighted by atomic mass is 9.97. The first-order chi connectivity index (χ1) is 8.51. The number of carbonyl (C=O) groups is 1. The summed E-state index contributed by atoms with van der Waals surface area (Å²) in [6, 6.07) is 0. The standard InChI is InChI=1S/C10H17F3N2O3S/c1-14(19(2,17)18)7-9(16)15-5-3-4-8(6-15)10(11,12)13/h8H,3-7H2,1-2H3. The molecule has 0 saturated carbocycles. The maximum absolute atomic E-state index is 12.6. The lowest BCUT2D eigenvalue weighted by Gasteiger charge is -2.34. The van der Waals surface area contributed by atoms with Gasteiger partial charge in [0.15, 0.2) is 0 Å². The van der Waals surface area contributed by atoms with Crippen LogP contribution < -0.4 is 0 Å². The second kappa shape index (κ2) is 5.66. The molecule has 19 heavy (non-hydrogen) atoms. The zero-order valence-electron chi connectivity index (χ0n) is 10.8. The molecule has 1 amide bonds. The van der Waals surface area contributed by atoms with Crippen molar-refractivity contribution in [2.75, 3.05) is 32.9 Å². The molecule has 1 unspecified atom stereocenters. The second-order valence-electron chi connectivity index (χ2n) is 4.74. The van der Waals surface area contributed by atoms with Crippen LogP contribution in [0.4, 0.5) is 13.2 Å². The van der Waals surface area contributed by atoms with Crippen LogP contribution in [0.25, 0.3) is 0 Å². The van der Waals surface area contributed by atoms with Gasteiger partial charge in [0, 0.05) is 20.1 Å². The molecular formula is C10H17F3N2O3S. The highest BCUT2D eigenvalue weighted by Crippen LogP contribution is 2.33. The number of nitrogens with zero attached hydrogens (tertiary/aromatic N) is 2. The van der Waals surface area contributed by atoms with Gasteiger partial charge in [0.2, 0.25) is 15.9 Å². The molecular weight excluding hydrogens is 285 g/mol. The van der Waals surface area contributed by atoms with Crippen LogP contribution in [0.5, 0.6) is 0 Å². The summed E-state index contributed by atoms with van der Waals surface area (Å²) in [6.45, 7) is -0.577. The Balaban J connectivity index is 2.63. The van der Waals surface area contributed by atoms with Gasteiger partial charge in [-0.25, -0.2) is 8.42 Å². The average molecular weight is 302 g/mol. The zero-order valence-corrected chi connectivity index (χ0v) is 11.6. The quantitative estimate of drug-likeness (QED) is 0.770. The van der Waals surface area contributed by atoms with Crippen molar-refractivity contribution in [3.05, 3.63) is 0 Å². The fraction of sp³-hybridized carbons (Fsp3) is 0.900. The summed E-state index contributed by atoms with van der Waals surface area (Å²) in [5.74, 6) is -2.12. The maximum Gasteiger partial charge on any atom is 0.393 e. The second-order valence-corrected chi connectivity index (χ2v) is 6.83. The molecule has 1 aliphatic rings. The molecule has 1 atom stereocenters. The van der Waals surface area contributed by atoms with Gasteiger partial charge < -0.3 is 4.90 Å². The van der Waals surface area contributed by atoms with Gasteiger partial charge in [-0.05, 0) is 12.8 Å². The smallest absolute Gasteiger partial charge is 0.341 e. The third kappa shape index (κ3) is 4.64. The van der Waals surface area contributed by atoms with E-state index in [1.54, 1.807) is 0 Å². The summed E-state index contributed by atoms with van der Waals surface area (Å²) >= 11 is 0. The molecule has 1 aliphatic heterocycles. The predicted molar refractivity (Wildman–Crippen MR) is 62.8 cm³/mol. The minimum atomic E-state index is -4.32. The van der Waals surface area contributed by atoms with Gasteiger partial charge in [-0.15, -0.1) is 0 Å². The van der Waals surface area contributed by atoms with Crippen molar-refractivity contribution < 1.29 is 26.4 Å². The zero-order chi connectivity index (χ0) is 14.8. The van der Waals surface area contributed by atoms with E-state index in [9.17, 15) is 26.4 Å². The minimum absolute atomic E-state index is 0.00912. The van der Waals surface area contributed by atoms with Gasteiger partial charge in [0.25, 0.3) is 0 Å². The van der Waals surface area contributed by atoms with E-state index in [1.807, 2.05) is 0 Å². The molecule has 0 bridgehead atoms. The number of piperidine rings is 1. The highest BCUT2D eigenvalue weighted by Gasteiger charge is 2.42. The van der Waals surface area contributed by atoms with E-state index in [0.29, 0.717) is 0 Å². The van der Waals surface area contributed by atoms with E-state index in [4.69, 9.17) is 0 Å². The Morgan fingerprint density at radius 2 is 2.00 bits per heavy atom. The number of sulfonamides is 1. The fourth-order valence-corrected chi connectivity index (χ4v) is 2.22. The summed E-state index contributed by atoms with van der Waals surface area (Å²) in [7, 11) is -2.29. The van der Waals surface area contributed by atoms with Crippen molar-refractivity contribution >= 4 is 15.9 Å². The molecule has 1 rings (SSSR count). The Morgan fingerprint density at radius 3 is 2.47 bits per heavy atom. The predicted octanol–water partition coefficient (Wildman–Crippen LogP) is 0.679. The van der Waals surface area contributed by atoms with E-state index in [0.717, 1.165) is 15.5 Å². The van der Waals surface area contributed by atoms with Crippen LogP contribution >= 0.6 is 0 Å². The van der Waals surface area contributed by atoms with Crippen molar-refractivity contribution in [1.29, 1.82) is 0 Å². The van der Waals surface area contributed by atoms with Crippen LogP contribution in [-0.2, 0) is 14.8 Å². The fourth-order valence-electron chi connectivity index (χ4n) is 1.88. The van der Waals surface area contributed by atoms with Crippen molar-refractivity contribution in [1.82, 2.24) is 9.21 Å². The molecule has 1 saturated heterocycles. The number of rotatable bonds is 3. The summed E-state index contributed by atoms with van der Waals surface area (Å²) in [5, 5.41) is 0. The SMILES string of the molecule is CN(CC(=O)N1CCCC(C(F)(F)F)C1)S(C)(=O)=O. The average Bonchev–Trinajstić information content (AvgIpc) is 2.26. The van der Waals surface area contributed by atoms with Gasteiger partial charge in [0.05, 0.1) is 18.7 Å². The summed E-state index contributed by atoms with van der Waals surface area (Å²) in [6.07, 6.45) is -3.09. The molecule has 1 heterocycles. The molecule has 0 spiro atoms. The molecule has 112 valence electrons. The van der Waals surface area contributed by atoms with Crippen LogP contribution in [-0.4, -0.2) is 62.6 Å². The summed E-state index contributed by atoms with van der Waals surface area (Å²) in [4.78, 5) is 12.9. The van der Waals surface area contributed by atoms with Crippen molar-refractivity contribution in [3.8, 4) is 0 Å². The molecule has 0 aromatic carbocycles. The Kier molecular flexibility index (Phi) is 4.83. The van der Waals surface area contributed by atoms with Gasteiger partial charge >= 0.3 is 6.18 Å². The van der Waals surface area contributed by atoms with E-state index in [1.165, 1.54) is 7.05 Å². The summed E-state index contributed by atoms with van der Waals surface area (Å²) < 4.78 is 60.9. The van der Waals surface area contributed by atoms with Crippen LogP contribution in [0.3, 0.4) is 0 Å². The van der Waals surface area contributed by atoms with Crippen molar-refractivity contribution in [2.24, 2.45) is 5.92 Å². The Hall–Kier alpha value is -0.830. The number of hydrogen-bond acceptors (Lipinski definition) is 3. The number of likely N-dealkylation sites (N-methyl/N-ethyl adjacent to an activating group) is 1. The van der Waals surface area contributed by atoms with E-state index >= 15 is 0 Å². The minimum Gasteiger partial charge on any atom is -0.341 e. The molecule has 9 heteroatoms. The number of likely N-dealkylation sites (tertiary alicyclic amines) is 1. The topological polar surface area (TPSA) is 57.7 Å². The monoisotopic (exact) mass is 302 g/mol. The van der Waals surface area contributed by atoms with Crippen molar-refractivity contribution in [3.63, 3.8) is 0 Å². The normalized spacial score (nSPS) is 21.8. The molecule has 5 nitrogen and oxygen atoms in total. The first-order valence-electron chi connectivity index (χ1n) is 5.77. The number of amides is 1. The van der Waals surface area contributed by atoms with Crippen LogP contribution in [0.1, 0.15) is 12.8 Å². The molecule has 0 N–H and O–H groups in total. The van der Waals surface area contributed by atoms with Crippen LogP contribution in [0.2, 0.25) is 0 Å². The number of halogens is 3. The Bertz CT molecular complexity index is 436. The number of hydrogen-bond donors (Lipinski definition) is 0. The third-order valence-corrected chi connectivity index (χ3v) is 4.42. The summed E-state index contributed by atoms with van der Waals surface area (Å²) in [5.41, 5.74) is 0. The maximum atomic E-state index is 12.6. The lowest BCUT2D eigenvalue weighted by molar-refractivity contribution is -0.188. The Labute approximate surface area is 110 Å². The molecule has 0 aromatic heterocycles. The van der Waals surface area contributed by atoms with E-state index < -0.39 is 34.6 Å². The highest BCUT2D eigenvalue weighted by molar-refractivity contribution is 7.88. The largest absolute Gasteiger partial charge is 0.393 e. The van der Waals surface area contributed by atoms with Crippen molar-refractivity contribution in [2.45, 2.75) is 19.0 Å². The third-order valence-electron chi connectivity index (χ3n) is 3.16. The molecule has 0 radical (unpaired) electrons. The molecule has 0 aromatic rings. The van der Waals surface area contributed by atoms with Crippen LogP contribution in [0, 0.1) is 5.92 Å². The number of carbonyl (C=O) groups excluding carboxylic acids is 1. The first kappa shape index (κ1) is 16.2. The highest BCUT2D eigenvalue weighted by atomic mass is 32.2. The molecule has 0 aliphatic carbocycles. The van der Waals surface area contributed by atoms with E-state index in [2.05, 4.69) is 0 Å². The lowest BCUT2D eigenvalue weighted by Crippen LogP contribution is -2.48. The number of alkyl halides is 3. The Morgan fingerprint density at radius 1 is 1.42 bits per heavy atom. The van der Waals surface area contributed by atoms with Gasteiger partial charge in [-0.1, -0.05) is 0 Å². The first-order valence-corrected chi connectivity index (χ1v) is 7.62. The molecule has 1 fully saturated rings. The van der Waals surface area contributed by atoms with Crippen LogP contribution in [0.15, 0.2) is 0 Å².